The zero-order valence-corrected chi connectivity index (χ0v) is 20.4. The number of nitrogens with two attached hydrogens (primary N) is 1. The van der Waals surface area contributed by atoms with Crippen LogP contribution < -0.4 is 20.8 Å². The first-order chi connectivity index (χ1) is 17.4. The van der Waals surface area contributed by atoms with Crippen LogP contribution in [0.4, 0.5) is 17.5 Å². The molecular formula is C21H22N8O5S2. The number of ether oxygens (including phenoxy) is 1. The fourth-order valence-electron chi connectivity index (χ4n) is 3.25. The summed E-state index contributed by atoms with van der Waals surface area (Å²) < 4.78 is 28.9. The van der Waals surface area contributed by atoms with Crippen molar-refractivity contribution in [2.75, 3.05) is 41.7 Å². The van der Waals surface area contributed by atoms with Gasteiger partial charge in [-0.3, -0.25) is 14.7 Å². The number of hydrogen-bond donors (Lipinski definition) is 5. The van der Waals surface area contributed by atoms with Gasteiger partial charge in [0, 0.05) is 36.7 Å². The van der Waals surface area contributed by atoms with Crippen molar-refractivity contribution in [1.82, 2.24) is 25.4 Å². The molecule has 0 aliphatic carbocycles. The summed E-state index contributed by atoms with van der Waals surface area (Å²) in [6.45, 7) is 3.22. The average Bonchev–Trinajstić information content (AvgIpc) is 3.38. The molecule has 188 valence electrons. The molecule has 0 saturated carbocycles. The Bertz CT molecular complexity index is 1400. The van der Waals surface area contributed by atoms with Crippen LogP contribution >= 0.6 is 11.3 Å². The Morgan fingerprint density at radius 2 is 1.78 bits per heavy atom. The number of morpholine rings is 1. The van der Waals surface area contributed by atoms with E-state index in [2.05, 4.69) is 20.2 Å². The van der Waals surface area contributed by atoms with Gasteiger partial charge in [0.2, 0.25) is 16.8 Å². The lowest BCUT2D eigenvalue weighted by molar-refractivity contribution is 0.0705. The Morgan fingerprint density at radius 1 is 1.08 bits per heavy atom. The Kier molecular flexibility index (Phi) is 8.17. The number of fused-ring (bicyclic) bond motifs is 1. The van der Waals surface area contributed by atoms with Gasteiger partial charge in [-0.1, -0.05) is 0 Å². The monoisotopic (exact) mass is 530 g/mol. The highest BCUT2D eigenvalue weighted by molar-refractivity contribution is 7.73. The fraction of sp³-hybridized carbons (Fsp3) is 0.190. The summed E-state index contributed by atoms with van der Waals surface area (Å²) in [5.41, 5.74) is 9.88. The van der Waals surface area contributed by atoms with Crippen LogP contribution in [0.15, 0.2) is 48.1 Å². The standard InChI is InChI=1S/C16H16N4OS.C5H6N4O4S/c17-12-3-1-11(2-4-12)15-18-13-5-10-22-14(13)16(19-15)20-6-8-21-9-7-20;10-4(8-11)3-1-6-5(7-2-3)9-14(12)13/h1-5,10H,6-9,17H2;1-2,11,14H,(H,8,10)(H,6,7,9,12,13). The molecule has 15 heteroatoms. The van der Waals surface area contributed by atoms with Gasteiger partial charge in [-0.25, -0.2) is 33.8 Å². The third-order valence-corrected chi connectivity index (χ3v) is 6.25. The van der Waals surface area contributed by atoms with Crippen molar-refractivity contribution < 1.29 is 23.2 Å². The smallest absolute Gasteiger partial charge is 0.277 e. The third kappa shape index (κ3) is 6.19. The number of carbonyl (C=O) groups excluding carboxylic acids is 1. The van der Waals surface area contributed by atoms with Crippen LogP contribution in [0.3, 0.4) is 0 Å². The number of hydrogen-bond acceptors (Lipinski definition) is 12. The van der Waals surface area contributed by atoms with Crippen molar-refractivity contribution in [1.29, 1.82) is 0 Å². The first kappa shape index (κ1) is 25.2. The van der Waals surface area contributed by atoms with Crippen LogP contribution in [0.25, 0.3) is 21.6 Å². The van der Waals surface area contributed by atoms with Crippen LogP contribution in [0.1, 0.15) is 10.4 Å². The summed E-state index contributed by atoms with van der Waals surface area (Å²) in [6, 6.07) is 9.74. The zero-order valence-electron chi connectivity index (χ0n) is 18.7. The molecule has 4 aromatic rings. The molecular weight excluding hydrogens is 508 g/mol. The molecule has 1 amide bonds. The van der Waals surface area contributed by atoms with E-state index >= 15 is 0 Å². The lowest BCUT2D eigenvalue weighted by Crippen LogP contribution is -2.36. The third-order valence-electron chi connectivity index (χ3n) is 4.97. The van der Waals surface area contributed by atoms with Gasteiger partial charge in [0.1, 0.15) is 0 Å². The number of benzene rings is 1. The number of nitrogens with one attached hydrogen (secondary N) is 2. The van der Waals surface area contributed by atoms with E-state index in [0.717, 1.165) is 71.8 Å². The maximum atomic E-state index is 10.8. The molecule has 5 rings (SSSR count). The topological polar surface area (TPSA) is 186 Å². The van der Waals surface area contributed by atoms with Gasteiger partial charge >= 0.3 is 0 Å². The van der Waals surface area contributed by atoms with Crippen molar-refractivity contribution >= 4 is 55.8 Å². The number of anilines is 3. The van der Waals surface area contributed by atoms with E-state index in [1.165, 1.54) is 5.48 Å². The van der Waals surface area contributed by atoms with Crippen LogP contribution in [-0.2, 0) is 15.6 Å². The lowest BCUT2D eigenvalue weighted by Gasteiger charge is -2.28. The van der Waals surface area contributed by atoms with E-state index in [1.54, 1.807) is 11.3 Å². The van der Waals surface area contributed by atoms with Gasteiger partial charge < -0.3 is 15.4 Å². The molecule has 0 bridgehead atoms. The van der Waals surface area contributed by atoms with Crippen molar-refractivity contribution in [2.24, 2.45) is 0 Å². The molecule has 1 aromatic carbocycles. The molecule has 13 nitrogen and oxygen atoms in total. The minimum Gasteiger partial charge on any atom is -0.399 e. The van der Waals surface area contributed by atoms with E-state index in [4.69, 9.17) is 25.6 Å². The Hall–Kier alpha value is -3.92. The van der Waals surface area contributed by atoms with Gasteiger partial charge in [-0.15, -0.1) is 11.3 Å². The van der Waals surface area contributed by atoms with Crippen molar-refractivity contribution in [3.8, 4) is 11.4 Å². The predicted molar refractivity (Wildman–Crippen MR) is 136 cm³/mol. The van der Waals surface area contributed by atoms with Crippen LogP contribution in [0.5, 0.6) is 0 Å². The summed E-state index contributed by atoms with van der Waals surface area (Å²) >= 11 is 1.69. The molecule has 0 radical (unpaired) electrons. The number of nitrogens with zero attached hydrogens (tertiary/aromatic N) is 5. The van der Waals surface area contributed by atoms with Crippen LogP contribution in [0, 0.1) is 0 Å². The second-order valence-corrected chi connectivity index (χ2v) is 8.99. The Balaban J connectivity index is 0.000000189. The molecule has 36 heavy (non-hydrogen) atoms. The summed E-state index contributed by atoms with van der Waals surface area (Å²) in [4.78, 5) is 29.6. The van der Waals surface area contributed by atoms with E-state index in [-0.39, 0.29) is 11.5 Å². The highest BCUT2D eigenvalue weighted by Crippen LogP contribution is 2.32. The second-order valence-electron chi connectivity index (χ2n) is 7.33. The fourth-order valence-corrected chi connectivity index (χ4v) is 4.37. The lowest BCUT2D eigenvalue weighted by atomic mass is 10.2. The highest BCUT2D eigenvalue weighted by Gasteiger charge is 2.18. The normalized spacial score (nSPS) is 13.2. The molecule has 1 aliphatic heterocycles. The summed E-state index contributed by atoms with van der Waals surface area (Å²) in [5.74, 6) is 0.834. The average molecular weight is 531 g/mol. The Morgan fingerprint density at radius 3 is 2.42 bits per heavy atom. The van der Waals surface area contributed by atoms with Gasteiger partial charge in [0.05, 0.1) is 29.0 Å². The number of carbonyl (C=O) groups is 1. The minimum absolute atomic E-state index is 0.0131. The number of hydroxylamine groups is 1. The van der Waals surface area contributed by atoms with Gasteiger partial charge in [-0.05, 0) is 35.7 Å². The first-order valence-electron chi connectivity index (χ1n) is 10.6. The number of amides is 1. The number of rotatable bonds is 5. The molecule has 0 spiro atoms. The highest BCUT2D eigenvalue weighted by atomic mass is 32.2. The number of thiophene rings is 1. The van der Waals surface area contributed by atoms with Crippen molar-refractivity contribution in [3.05, 3.63) is 53.7 Å². The summed E-state index contributed by atoms with van der Waals surface area (Å²) in [5, 5.41) is 10.3. The quantitative estimate of drug-likeness (QED) is 0.108. The van der Waals surface area contributed by atoms with E-state index in [0.29, 0.717) is 0 Å². The van der Waals surface area contributed by atoms with Crippen molar-refractivity contribution in [2.45, 2.75) is 0 Å². The SMILES string of the molecule is Nc1ccc(-c2nc(N3CCOCC3)c3sccc3n2)cc1.O=C(NO)c1cnc(N[SH](=O)=O)nc1. The molecule has 0 unspecified atom stereocenters. The van der Waals surface area contributed by atoms with Crippen LogP contribution in [-0.4, -0.2) is 65.8 Å². The Labute approximate surface area is 211 Å². The van der Waals surface area contributed by atoms with E-state index in [1.807, 2.05) is 35.1 Å². The first-order valence-corrected chi connectivity index (χ1v) is 12.6. The number of aromatic nitrogens is 4. The molecule has 4 heterocycles. The van der Waals surface area contributed by atoms with Gasteiger partial charge in [0.25, 0.3) is 5.91 Å². The molecule has 1 fully saturated rings. The molecule has 0 atom stereocenters. The molecule has 3 aromatic heterocycles. The minimum atomic E-state index is -2.83. The summed E-state index contributed by atoms with van der Waals surface area (Å²) in [7, 11) is -2.83. The van der Waals surface area contributed by atoms with E-state index in [9.17, 15) is 13.2 Å². The largest absolute Gasteiger partial charge is 0.399 e. The van der Waals surface area contributed by atoms with Gasteiger partial charge in [0.15, 0.2) is 11.6 Å². The zero-order chi connectivity index (χ0) is 25.5. The van der Waals surface area contributed by atoms with Crippen molar-refractivity contribution in [3.63, 3.8) is 0 Å². The van der Waals surface area contributed by atoms with Crippen LogP contribution in [0.2, 0.25) is 0 Å². The number of nitrogen functional groups attached to an aromatic ring is 1. The predicted octanol–water partition coefficient (Wildman–Crippen LogP) is 1.31. The number of thiol groups is 1. The molecule has 1 aliphatic rings. The van der Waals surface area contributed by atoms with Gasteiger partial charge in [-0.2, -0.15) is 0 Å². The van der Waals surface area contributed by atoms with E-state index < -0.39 is 16.8 Å². The molecule has 1 saturated heterocycles. The maximum absolute atomic E-state index is 10.8. The summed E-state index contributed by atoms with van der Waals surface area (Å²) in [6.07, 6.45) is 2.14. The maximum Gasteiger partial charge on any atom is 0.277 e. The molecule has 5 N–H and O–H groups in total. The second kappa shape index (κ2) is 11.7.